The number of rotatable bonds is 7. The van der Waals surface area contributed by atoms with Gasteiger partial charge in [0.2, 0.25) is 0 Å². The molecule has 0 saturated carbocycles. The van der Waals surface area contributed by atoms with Crippen LogP contribution in [0, 0.1) is 5.92 Å². The zero-order valence-corrected chi connectivity index (χ0v) is 12.0. The van der Waals surface area contributed by atoms with Crippen LogP contribution in [0.4, 0.5) is 0 Å². The molecule has 0 aliphatic carbocycles. The SMILES string of the molecule is CCCCC(CC)CNC(=O)c1cc(O)c(O)c(O)c1. The summed E-state index contributed by atoms with van der Waals surface area (Å²) < 4.78 is 0. The Morgan fingerprint density at radius 1 is 1.20 bits per heavy atom. The topological polar surface area (TPSA) is 89.8 Å². The standard InChI is InChI=1S/C15H23NO4/c1-3-5-6-10(4-2)9-16-15(20)11-7-12(17)14(19)13(18)8-11/h7-8,10,17-19H,3-6,9H2,1-2H3,(H,16,20). The van der Waals surface area contributed by atoms with Gasteiger partial charge in [0.25, 0.3) is 5.91 Å². The fourth-order valence-corrected chi connectivity index (χ4v) is 2.02. The van der Waals surface area contributed by atoms with Crippen molar-refractivity contribution in [1.82, 2.24) is 5.32 Å². The molecule has 0 aromatic heterocycles. The van der Waals surface area contributed by atoms with E-state index in [1.165, 1.54) is 0 Å². The van der Waals surface area contributed by atoms with E-state index < -0.39 is 17.2 Å². The van der Waals surface area contributed by atoms with Gasteiger partial charge >= 0.3 is 0 Å². The number of amides is 1. The molecular formula is C15H23NO4. The van der Waals surface area contributed by atoms with Gasteiger partial charge in [-0.25, -0.2) is 0 Å². The van der Waals surface area contributed by atoms with Crippen molar-refractivity contribution in [3.05, 3.63) is 17.7 Å². The predicted octanol–water partition coefficient (Wildman–Crippen LogP) is 2.75. The minimum Gasteiger partial charge on any atom is -0.504 e. The van der Waals surface area contributed by atoms with Crippen LogP contribution in [-0.4, -0.2) is 27.8 Å². The lowest BCUT2D eigenvalue weighted by Gasteiger charge is -2.15. The summed E-state index contributed by atoms with van der Waals surface area (Å²) in [5.74, 6) is -1.57. The van der Waals surface area contributed by atoms with Gasteiger partial charge < -0.3 is 20.6 Å². The van der Waals surface area contributed by atoms with Gasteiger partial charge in [0.1, 0.15) is 0 Å². The predicted molar refractivity (Wildman–Crippen MR) is 77.1 cm³/mol. The quantitative estimate of drug-likeness (QED) is 0.578. The smallest absolute Gasteiger partial charge is 0.251 e. The Labute approximate surface area is 119 Å². The second-order valence-electron chi connectivity index (χ2n) is 4.99. The summed E-state index contributed by atoms with van der Waals surface area (Å²) in [4.78, 5) is 11.9. The number of aromatic hydroxyl groups is 3. The van der Waals surface area contributed by atoms with Crippen LogP contribution in [0.1, 0.15) is 49.9 Å². The minimum atomic E-state index is -0.615. The highest BCUT2D eigenvalue weighted by atomic mass is 16.3. The van der Waals surface area contributed by atoms with E-state index in [0.29, 0.717) is 12.5 Å². The van der Waals surface area contributed by atoms with Gasteiger partial charge in [0.15, 0.2) is 17.2 Å². The Kier molecular flexibility index (Phi) is 6.15. The van der Waals surface area contributed by atoms with Crippen LogP contribution in [0.15, 0.2) is 12.1 Å². The normalized spacial score (nSPS) is 12.1. The fourth-order valence-electron chi connectivity index (χ4n) is 2.02. The molecule has 5 nitrogen and oxygen atoms in total. The number of benzene rings is 1. The summed E-state index contributed by atoms with van der Waals surface area (Å²) >= 11 is 0. The fraction of sp³-hybridized carbons (Fsp3) is 0.533. The molecule has 1 aromatic carbocycles. The number of hydrogen-bond donors (Lipinski definition) is 4. The van der Waals surface area contributed by atoms with E-state index in [9.17, 15) is 20.1 Å². The summed E-state index contributed by atoms with van der Waals surface area (Å²) in [5.41, 5.74) is 0.128. The minimum absolute atomic E-state index is 0.128. The Morgan fingerprint density at radius 2 is 1.80 bits per heavy atom. The van der Waals surface area contributed by atoms with Crippen molar-refractivity contribution in [1.29, 1.82) is 0 Å². The molecule has 1 atom stereocenters. The van der Waals surface area contributed by atoms with Gasteiger partial charge in [-0.05, 0) is 24.5 Å². The molecule has 1 rings (SSSR count). The maximum Gasteiger partial charge on any atom is 0.251 e. The highest BCUT2D eigenvalue weighted by molar-refractivity contribution is 5.95. The molecule has 0 spiro atoms. The summed E-state index contributed by atoms with van der Waals surface area (Å²) in [6, 6.07) is 2.27. The van der Waals surface area contributed by atoms with Gasteiger partial charge in [-0.15, -0.1) is 0 Å². The van der Waals surface area contributed by atoms with Crippen LogP contribution in [0.5, 0.6) is 17.2 Å². The van der Waals surface area contributed by atoms with E-state index in [4.69, 9.17) is 0 Å². The Hall–Kier alpha value is -1.91. The highest BCUT2D eigenvalue weighted by Gasteiger charge is 2.14. The molecule has 0 fully saturated rings. The molecule has 1 unspecified atom stereocenters. The molecule has 0 saturated heterocycles. The van der Waals surface area contributed by atoms with E-state index in [2.05, 4.69) is 19.2 Å². The molecule has 5 heteroatoms. The summed E-state index contributed by atoms with van der Waals surface area (Å²) in [6.07, 6.45) is 4.32. The second-order valence-corrected chi connectivity index (χ2v) is 4.99. The molecule has 1 amide bonds. The molecule has 0 heterocycles. The Balaban J connectivity index is 2.62. The van der Waals surface area contributed by atoms with Crippen molar-refractivity contribution in [3.63, 3.8) is 0 Å². The number of carbonyl (C=O) groups excluding carboxylic acids is 1. The number of phenols is 3. The number of nitrogens with one attached hydrogen (secondary N) is 1. The molecule has 1 aromatic rings. The summed E-state index contributed by atoms with van der Waals surface area (Å²) in [6.45, 7) is 4.79. The largest absolute Gasteiger partial charge is 0.504 e. The van der Waals surface area contributed by atoms with Gasteiger partial charge in [-0.1, -0.05) is 33.1 Å². The third-order valence-electron chi connectivity index (χ3n) is 3.43. The number of carbonyl (C=O) groups is 1. The molecular weight excluding hydrogens is 258 g/mol. The van der Waals surface area contributed by atoms with Crippen molar-refractivity contribution in [2.24, 2.45) is 5.92 Å². The van der Waals surface area contributed by atoms with Crippen molar-refractivity contribution in [2.75, 3.05) is 6.54 Å². The van der Waals surface area contributed by atoms with Crippen LogP contribution in [0.3, 0.4) is 0 Å². The molecule has 0 radical (unpaired) electrons. The highest BCUT2D eigenvalue weighted by Crippen LogP contribution is 2.35. The lowest BCUT2D eigenvalue weighted by atomic mass is 9.99. The first kappa shape index (κ1) is 16.1. The maximum absolute atomic E-state index is 11.9. The molecule has 20 heavy (non-hydrogen) atoms. The molecule has 112 valence electrons. The van der Waals surface area contributed by atoms with Gasteiger partial charge in [0.05, 0.1) is 0 Å². The summed E-state index contributed by atoms with van der Waals surface area (Å²) in [5, 5.41) is 30.8. The second kappa shape index (κ2) is 7.62. The molecule has 0 aliphatic rings. The van der Waals surface area contributed by atoms with Gasteiger partial charge in [0, 0.05) is 12.1 Å². The molecule has 0 bridgehead atoms. The van der Waals surface area contributed by atoms with Crippen LogP contribution in [0.2, 0.25) is 0 Å². The first-order valence-electron chi connectivity index (χ1n) is 7.02. The average molecular weight is 281 g/mol. The van der Waals surface area contributed by atoms with Gasteiger partial charge in [-0.3, -0.25) is 4.79 Å². The maximum atomic E-state index is 11.9. The van der Waals surface area contributed by atoms with E-state index in [0.717, 1.165) is 37.8 Å². The number of unbranched alkanes of at least 4 members (excludes halogenated alkanes) is 1. The first-order valence-corrected chi connectivity index (χ1v) is 7.02. The van der Waals surface area contributed by atoms with Crippen LogP contribution in [-0.2, 0) is 0 Å². The number of phenolic OH excluding ortho intramolecular Hbond substituents is 3. The Morgan fingerprint density at radius 3 is 2.30 bits per heavy atom. The van der Waals surface area contributed by atoms with Crippen LogP contribution >= 0.6 is 0 Å². The molecule has 0 aliphatic heterocycles. The number of hydrogen-bond acceptors (Lipinski definition) is 4. The van der Waals surface area contributed by atoms with Crippen molar-refractivity contribution in [2.45, 2.75) is 39.5 Å². The zero-order valence-electron chi connectivity index (χ0n) is 12.0. The van der Waals surface area contributed by atoms with Crippen LogP contribution in [0.25, 0.3) is 0 Å². The zero-order chi connectivity index (χ0) is 15.1. The third kappa shape index (κ3) is 4.33. The van der Waals surface area contributed by atoms with E-state index in [-0.39, 0.29) is 11.5 Å². The van der Waals surface area contributed by atoms with E-state index in [1.807, 2.05) is 0 Å². The van der Waals surface area contributed by atoms with Crippen molar-refractivity contribution < 1.29 is 20.1 Å². The van der Waals surface area contributed by atoms with Gasteiger partial charge in [-0.2, -0.15) is 0 Å². The van der Waals surface area contributed by atoms with E-state index >= 15 is 0 Å². The summed E-state index contributed by atoms with van der Waals surface area (Å²) in [7, 11) is 0. The monoisotopic (exact) mass is 281 g/mol. The Bertz CT molecular complexity index is 436. The first-order chi connectivity index (χ1) is 9.49. The lowest BCUT2D eigenvalue weighted by Crippen LogP contribution is -2.29. The molecule has 4 N–H and O–H groups in total. The van der Waals surface area contributed by atoms with Crippen LogP contribution < -0.4 is 5.32 Å². The lowest BCUT2D eigenvalue weighted by molar-refractivity contribution is 0.0945. The average Bonchev–Trinajstić information content (AvgIpc) is 2.44. The van der Waals surface area contributed by atoms with E-state index in [1.54, 1.807) is 0 Å². The van der Waals surface area contributed by atoms with Crippen molar-refractivity contribution in [3.8, 4) is 17.2 Å². The third-order valence-corrected chi connectivity index (χ3v) is 3.43. The van der Waals surface area contributed by atoms with Crippen molar-refractivity contribution >= 4 is 5.91 Å².